The predicted molar refractivity (Wildman–Crippen MR) is 104 cm³/mol. The molecule has 8 heteroatoms. The Morgan fingerprint density at radius 3 is 2.22 bits per heavy atom. The van der Waals surface area contributed by atoms with Gasteiger partial charge in [-0.05, 0) is 57.2 Å². The maximum Gasteiger partial charge on any atom is 0.412 e. The molecule has 0 fully saturated rings. The third kappa shape index (κ3) is 5.81. The fraction of sp³-hybridized carbons (Fsp3) is 0.263. The molecule has 144 valence electrons. The van der Waals surface area contributed by atoms with Gasteiger partial charge in [-0.15, -0.1) is 0 Å². The Hall–Kier alpha value is -3.42. The minimum atomic E-state index is -1.13. The number of nitrogen functional groups attached to an aromatic ring is 1. The highest BCUT2D eigenvalue weighted by Crippen LogP contribution is 2.31. The minimum Gasteiger partial charge on any atom is -0.465 e. The maximum absolute atomic E-state index is 11.8. The summed E-state index contributed by atoms with van der Waals surface area (Å²) in [5.74, 6) is 0.943. The van der Waals surface area contributed by atoms with Crippen molar-refractivity contribution in [3.05, 3.63) is 42.5 Å². The van der Waals surface area contributed by atoms with Crippen LogP contribution < -0.4 is 20.7 Å². The van der Waals surface area contributed by atoms with Gasteiger partial charge >= 0.3 is 12.2 Å². The van der Waals surface area contributed by atoms with Crippen molar-refractivity contribution in [2.45, 2.75) is 26.4 Å². The third-order valence-electron chi connectivity index (χ3n) is 3.39. The summed E-state index contributed by atoms with van der Waals surface area (Å²) in [7, 11) is 1.40. The number of ether oxygens (including phenoxy) is 2. The van der Waals surface area contributed by atoms with Crippen molar-refractivity contribution in [1.82, 2.24) is 0 Å². The molecule has 2 rings (SSSR count). The molecule has 0 aromatic heterocycles. The van der Waals surface area contributed by atoms with E-state index in [4.69, 9.17) is 20.3 Å². The molecule has 0 aliphatic rings. The molecular formula is C19H23N3O5. The number of nitrogens with two attached hydrogens (primary N) is 1. The van der Waals surface area contributed by atoms with Crippen molar-refractivity contribution in [2.24, 2.45) is 0 Å². The smallest absolute Gasteiger partial charge is 0.412 e. The molecule has 0 aliphatic heterocycles. The average Bonchev–Trinajstić information content (AvgIpc) is 2.56. The van der Waals surface area contributed by atoms with Gasteiger partial charge < -0.3 is 20.3 Å². The summed E-state index contributed by atoms with van der Waals surface area (Å²) in [5, 5.41) is 11.7. The van der Waals surface area contributed by atoms with Gasteiger partial charge in [-0.2, -0.15) is 0 Å². The number of nitrogens with zero attached hydrogens (tertiary/aromatic N) is 1. The van der Waals surface area contributed by atoms with E-state index in [1.54, 1.807) is 57.2 Å². The van der Waals surface area contributed by atoms with Crippen LogP contribution in [-0.4, -0.2) is 29.9 Å². The summed E-state index contributed by atoms with van der Waals surface area (Å²) >= 11 is 0. The van der Waals surface area contributed by atoms with Gasteiger partial charge in [-0.25, -0.2) is 9.59 Å². The lowest BCUT2D eigenvalue weighted by Gasteiger charge is -2.19. The number of anilines is 3. The lowest BCUT2D eigenvalue weighted by Crippen LogP contribution is -2.27. The van der Waals surface area contributed by atoms with E-state index in [2.05, 4.69) is 5.32 Å². The molecule has 0 bridgehead atoms. The van der Waals surface area contributed by atoms with E-state index in [9.17, 15) is 9.59 Å². The van der Waals surface area contributed by atoms with E-state index in [0.29, 0.717) is 28.6 Å². The number of nitrogens with one attached hydrogen (secondary N) is 1. The number of amides is 2. The van der Waals surface area contributed by atoms with Crippen molar-refractivity contribution in [2.75, 3.05) is 23.0 Å². The molecule has 2 amide bonds. The van der Waals surface area contributed by atoms with Crippen LogP contribution in [0.15, 0.2) is 42.5 Å². The Balaban J connectivity index is 2.07. The molecule has 0 saturated carbocycles. The lowest BCUT2D eigenvalue weighted by molar-refractivity contribution is 0.0636. The zero-order valence-corrected chi connectivity index (χ0v) is 15.6. The molecule has 2 aromatic rings. The number of hydrogen-bond acceptors (Lipinski definition) is 5. The van der Waals surface area contributed by atoms with Crippen LogP contribution >= 0.6 is 0 Å². The SMILES string of the molecule is CN(C(=O)O)c1cc(Oc2ccc(NC(=O)OC(C)(C)C)cc2)ccc1N. The summed E-state index contributed by atoms with van der Waals surface area (Å²) in [4.78, 5) is 23.9. The van der Waals surface area contributed by atoms with Crippen molar-refractivity contribution in [1.29, 1.82) is 0 Å². The van der Waals surface area contributed by atoms with Crippen LogP contribution in [0.1, 0.15) is 20.8 Å². The molecule has 27 heavy (non-hydrogen) atoms. The van der Waals surface area contributed by atoms with Crippen LogP contribution in [-0.2, 0) is 4.74 Å². The van der Waals surface area contributed by atoms with Gasteiger partial charge in [0, 0.05) is 18.8 Å². The number of rotatable bonds is 4. The topological polar surface area (TPSA) is 114 Å². The number of carbonyl (C=O) groups is 2. The van der Waals surface area contributed by atoms with E-state index >= 15 is 0 Å². The fourth-order valence-electron chi connectivity index (χ4n) is 2.14. The van der Waals surface area contributed by atoms with Crippen LogP contribution in [0.4, 0.5) is 26.7 Å². The number of carboxylic acid groups (broad SMARTS) is 1. The highest BCUT2D eigenvalue weighted by atomic mass is 16.6. The molecular weight excluding hydrogens is 350 g/mol. The lowest BCUT2D eigenvalue weighted by atomic mass is 10.2. The second-order valence-electron chi connectivity index (χ2n) is 6.82. The highest BCUT2D eigenvalue weighted by Gasteiger charge is 2.16. The Kier molecular flexibility index (Phi) is 5.79. The van der Waals surface area contributed by atoms with Crippen molar-refractivity contribution in [3.8, 4) is 11.5 Å². The molecule has 2 aromatic carbocycles. The molecule has 0 saturated heterocycles. The normalized spacial score (nSPS) is 10.8. The first-order valence-electron chi connectivity index (χ1n) is 8.19. The standard InChI is InChI=1S/C19H23N3O5/c1-19(2,3)27-17(23)21-12-5-7-13(8-6-12)26-14-9-10-15(20)16(11-14)22(4)18(24)25/h5-11H,20H2,1-4H3,(H,21,23)(H,24,25). The van der Waals surface area contributed by atoms with Gasteiger partial charge in [0.1, 0.15) is 17.1 Å². The highest BCUT2D eigenvalue weighted by molar-refractivity contribution is 5.90. The Morgan fingerprint density at radius 1 is 1.07 bits per heavy atom. The van der Waals surface area contributed by atoms with Gasteiger partial charge in [0.05, 0.1) is 11.4 Å². The first-order chi connectivity index (χ1) is 12.5. The van der Waals surface area contributed by atoms with Gasteiger partial charge in [-0.1, -0.05) is 0 Å². The molecule has 0 spiro atoms. The first-order valence-corrected chi connectivity index (χ1v) is 8.19. The van der Waals surface area contributed by atoms with Crippen LogP contribution in [0.25, 0.3) is 0 Å². The second-order valence-corrected chi connectivity index (χ2v) is 6.82. The van der Waals surface area contributed by atoms with Crippen LogP contribution in [0.3, 0.4) is 0 Å². The van der Waals surface area contributed by atoms with Crippen molar-refractivity contribution < 1.29 is 24.2 Å². The second kappa shape index (κ2) is 7.86. The van der Waals surface area contributed by atoms with Gasteiger partial charge in [0.15, 0.2) is 0 Å². The van der Waals surface area contributed by atoms with Crippen LogP contribution in [0.2, 0.25) is 0 Å². The predicted octanol–water partition coefficient (Wildman–Crippen LogP) is 4.52. The summed E-state index contributed by atoms with van der Waals surface area (Å²) in [6, 6.07) is 11.4. The summed E-state index contributed by atoms with van der Waals surface area (Å²) in [6.45, 7) is 5.35. The summed E-state index contributed by atoms with van der Waals surface area (Å²) in [6.07, 6.45) is -1.67. The third-order valence-corrected chi connectivity index (χ3v) is 3.39. The van der Waals surface area contributed by atoms with E-state index in [0.717, 1.165) is 4.90 Å². The first kappa shape index (κ1) is 19.9. The molecule has 0 aliphatic carbocycles. The summed E-state index contributed by atoms with van der Waals surface area (Å²) in [5.41, 5.74) is 6.44. The van der Waals surface area contributed by atoms with E-state index < -0.39 is 17.8 Å². The van der Waals surface area contributed by atoms with Gasteiger partial charge in [-0.3, -0.25) is 10.2 Å². The summed E-state index contributed by atoms with van der Waals surface area (Å²) < 4.78 is 10.9. The molecule has 8 nitrogen and oxygen atoms in total. The number of hydrogen-bond donors (Lipinski definition) is 3. The fourth-order valence-corrected chi connectivity index (χ4v) is 2.14. The zero-order chi connectivity index (χ0) is 20.2. The Labute approximate surface area is 157 Å². The van der Waals surface area contributed by atoms with E-state index in [-0.39, 0.29) is 0 Å². The molecule has 0 atom stereocenters. The molecule has 4 N–H and O–H groups in total. The maximum atomic E-state index is 11.8. The average molecular weight is 373 g/mol. The van der Waals surface area contributed by atoms with Crippen LogP contribution in [0, 0.1) is 0 Å². The van der Waals surface area contributed by atoms with Crippen molar-refractivity contribution >= 4 is 29.2 Å². The molecule has 0 heterocycles. The largest absolute Gasteiger partial charge is 0.465 e. The van der Waals surface area contributed by atoms with E-state index in [1.165, 1.54) is 13.1 Å². The number of benzene rings is 2. The zero-order valence-electron chi connectivity index (χ0n) is 15.6. The van der Waals surface area contributed by atoms with Crippen LogP contribution in [0.5, 0.6) is 11.5 Å². The van der Waals surface area contributed by atoms with Gasteiger partial charge in [0.25, 0.3) is 0 Å². The van der Waals surface area contributed by atoms with E-state index in [1.807, 2.05) is 0 Å². The molecule has 0 unspecified atom stereocenters. The van der Waals surface area contributed by atoms with Gasteiger partial charge in [0.2, 0.25) is 0 Å². The minimum absolute atomic E-state index is 0.322. The van der Waals surface area contributed by atoms with Crippen molar-refractivity contribution in [3.63, 3.8) is 0 Å². The number of carbonyl (C=O) groups excluding carboxylic acids is 1. The monoisotopic (exact) mass is 373 g/mol. The molecule has 0 radical (unpaired) electrons. The Morgan fingerprint density at radius 2 is 1.67 bits per heavy atom. The Bertz CT molecular complexity index is 828. The quantitative estimate of drug-likeness (QED) is 0.679.